The van der Waals surface area contributed by atoms with E-state index in [2.05, 4.69) is 5.32 Å². The van der Waals surface area contributed by atoms with Crippen LogP contribution in [0.25, 0.3) is 0 Å². The first-order valence-electron chi connectivity index (χ1n) is 8.11. The van der Waals surface area contributed by atoms with Gasteiger partial charge < -0.3 is 15.0 Å². The lowest BCUT2D eigenvalue weighted by atomic mass is 9.91. The Bertz CT molecular complexity index is 726. The molecule has 3 rings (SSSR count). The molecule has 8 heteroatoms. The molecule has 2 atom stereocenters. The fourth-order valence-electron chi connectivity index (χ4n) is 3.17. The number of rotatable bonds is 3. The average Bonchev–Trinajstić information content (AvgIpc) is 2.79. The topological polar surface area (TPSA) is 79.0 Å². The molecule has 134 valence electrons. The van der Waals surface area contributed by atoms with Crippen LogP contribution in [-0.2, 0) is 19.9 Å². The Morgan fingerprint density at radius 3 is 2.80 bits per heavy atom. The van der Waals surface area contributed by atoms with Crippen LogP contribution in [0.3, 0.4) is 0 Å². The highest BCUT2D eigenvalue weighted by atomic mass is 19.1. The molecular formula is C17H20FN3O4. The van der Waals surface area contributed by atoms with E-state index in [1.165, 1.54) is 25.1 Å². The van der Waals surface area contributed by atoms with Crippen molar-refractivity contribution in [2.75, 3.05) is 26.2 Å². The van der Waals surface area contributed by atoms with Crippen molar-refractivity contribution in [1.29, 1.82) is 0 Å². The molecule has 4 amide bonds. The number of hydrogen-bond acceptors (Lipinski definition) is 4. The minimum Gasteiger partial charge on any atom is -0.375 e. The number of halogens is 1. The second-order valence-electron chi connectivity index (χ2n) is 6.45. The minimum atomic E-state index is -1.53. The summed E-state index contributed by atoms with van der Waals surface area (Å²) < 4.78 is 19.5. The summed E-state index contributed by atoms with van der Waals surface area (Å²) in [5, 5.41) is 2.51. The van der Waals surface area contributed by atoms with Gasteiger partial charge in [-0.05, 0) is 19.9 Å². The van der Waals surface area contributed by atoms with Crippen LogP contribution in [0.4, 0.5) is 9.18 Å². The van der Waals surface area contributed by atoms with Crippen molar-refractivity contribution in [2.24, 2.45) is 0 Å². The van der Waals surface area contributed by atoms with Gasteiger partial charge in [0.05, 0.1) is 12.7 Å². The van der Waals surface area contributed by atoms with Crippen LogP contribution in [0.5, 0.6) is 0 Å². The summed E-state index contributed by atoms with van der Waals surface area (Å²) in [6, 6.07) is 5.06. The summed E-state index contributed by atoms with van der Waals surface area (Å²) in [7, 11) is 0. The first-order valence-corrected chi connectivity index (χ1v) is 8.11. The first-order chi connectivity index (χ1) is 11.8. The minimum absolute atomic E-state index is 0.0725. The second kappa shape index (κ2) is 6.44. The molecule has 7 nitrogen and oxygen atoms in total. The lowest BCUT2D eigenvalue weighted by Gasteiger charge is -2.32. The number of carbonyl (C=O) groups is 3. The number of urea groups is 1. The Hall–Kier alpha value is -2.48. The Labute approximate surface area is 144 Å². The van der Waals surface area contributed by atoms with Gasteiger partial charge in [-0.3, -0.25) is 14.5 Å². The van der Waals surface area contributed by atoms with Crippen molar-refractivity contribution in [1.82, 2.24) is 15.1 Å². The zero-order valence-corrected chi connectivity index (χ0v) is 14.1. The summed E-state index contributed by atoms with van der Waals surface area (Å²) in [5.74, 6) is -1.57. The van der Waals surface area contributed by atoms with Crippen LogP contribution in [0.2, 0.25) is 0 Å². The molecule has 2 heterocycles. The number of carbonyl (C=O) groups excluding carboxylic acids is 3. The molecule has 2 fully saturated rings. The predicted octanol–water partition coefficient (Wildman–Crippen LogP) is 0.840. The van der Waals surface area contributed by atoms with Crippen molar-refractivity contribution < 1.29 is 23.5 Å². The van der Waals surface area contributed by atoms with Gasteiger partial charge >= 0.3 is 6.03 Å². The zero-order valence-electron chi connectivity index (χ0n) is 14.1. The molecule has 0 saturated carbocycles. The van der Waals surface area contributed by atoms with Gasteiger partial charge in [0, 0.05) is 18.7 Å². The third kappa shape index (κ3) is 3.09. The first kappa shape index (κ1) is 17.3. The molecule has 0 unspecified atom stereocenters. The average molecular weight is 349 g/mol. The van der Waals surface area contributed by atoms with E-state index >= 15 is 0 Å². The molecule has 0 aromatic heterocycles. The van der Waals surface area contributed by atoms with Crippen molar-refractivity contribution in [3.05, 3.63) is 35.6 Å². The number of nitrogens with one attached hydrogen (secondary N) is 1. The summed E-state index contributed by atoms with van der Waals surface area (Å²) in [5.41, 5.74) is -1.45. The molecule has 2 saturated heterocycles. The number of nitrogens with zero attached hydrogens (tertiary/aromatic N) is 2. The summed E-state index contributed by atoms with van der Waals surface area (Å²) in [6.45, 7) is 4.15. The third-order valence-corrected chi connectivity index (χ3v) is 4.57. The molecule has 0 spiro atoms. The van der Waals surface area contributed by atoms with Crippen molar-refractivity contribution >= 4 is 17.8 Å². The Balaban J connectivity index is 1.78. The van der Waals surface area contributed by atoms with Gasteiger partial charge in [0.25, 0.3) is 5.91 Å². The van der Waals surface area contributed by atoms with Gasteiger partial charge in [0.2, 0.25) is 5.91 Å². The van der Waals surface area contributed by atoms with E-state index in [0.717, 1.165) is 4.90 Å². The highest BCUT2D eigenvalue weighted by Gasteiger charge is 2.50. The van der Waals surface area contributed by atoms with Gasteiger partial charge in [0.15, 0.2) is 0 Å². The van der Waals surface area contributed by atoms with Gasteiger partial charge in [0.1, 0.15) is 17.9 Å². The number of benzene rings is 1. The van der Waals surface area contributed by atoms with E-state index in [0.29, 0.717) is 19.7 Å². The maximum atomic E-state index is 14.1. The molecule has 1 aromatic carbocycles. The van der Waals surface area contributed by atoms with E-state index in [-0.39, 0.29) is 24.1 Å². The second-order valence-corrected chi connectivity index (χ2v) is 6.45. The Kier molecular flexibility index (Phi) is 4.47. The van der Waals surface area contributed by atoms with E-state index in [1.807, 2.05) is 6.92 Å². The Morgan fingerprint density at radius 2 is 2.12 bits per heavy atom. The number of amides is 4. The standard InChI is InChI=1S/C17H20FN3O4/c1-11-9-20(7-8-25-11)14(22)10-21-15(23)17(2,19-16(21)24)12-5-3-4-6-13(12)18/h3-6,11H,7-10H2,1-2H3,(H,19,24)/t11-,17+/m1/s1. The predicted molar refractivity (Wildman–Crippen MR) is 86.0 cm³/mol. The lowest BCUT2D eigenvalue weighted by molar-refractivity contribution is -0.143. The lowest BCUT2D eigenvalue weighted by Crippen LogP contribution is -2.49. The highest BCUT2D eigenvalue weighted by molar-refractivity contribution is 6.09. The monoisotopic (exact) mass is 349 g/mol. The van der Waals surface area contributed by atoms with E-state index in [1.54, 1.807) is 11.0 Å². The van der Waals surface area contributed by atoms with Crippen LogP contribution >= 0.6 is 0 Å². The van der Waals surface area contributed by atoms with Gasteiger partial charge in [-0.2, -0.15) is 0 Å². The van der Waals surface area contributed by atoms with E-state index in [4.69, 9.17) is 4.74 Å². The zero-order chi connectivity index (χ0) is 18.2. The quantitative estimate of drug-likeness (QED) is 0.820. The summed E-state index contributed by atoms with van der Waals surface area (Å²) in [4.78, 5) is 39.8. The largest absolute Gasteiger partial charge is 0.375 e. The molecule has 0 radical (unpaired) electrons. The van der Waals surface area contributed by atoms with Crippen LogP contribution < -0.4 is 5.32 Å². The number of hydrogen-bond donors (Lipinski definition) is 1. The van der Waals surface area contributed by atoms with Gasteiger partial charge in [-0.25, -0.2) is 9.18 Å². The van der Waals surface area contributed by atoms with Crippen molar-refractivity contribution in [3.63, 3.8) is 0 Å². The maximum absolute atomic E-state index is 14.1. The van der Waals surface area contributed by atoms with Crippen molar-refractivity contribution in [2.45, 2.75) is 25.5 Å². The van der Waals surface area contributed by atoms with Crippen LogP contribution in [-0.4, -0.2) is 60.0 Å². The van der Waals surface area contributed by atoms with Crippen LogP contribution in [0.15, 0.2) is 24.3 Å². The van der Waals surface area contributed by atoms with Gasteiger partial charge in [-0.1, -0.05) is 18.2 Å². The molecule has 2 aliphatic heterocycles. The molecular weight excluding hydrogens is 329 g/mol. The number of morpholine rings is 1. The summed E-state index contributed by atoms with van der Waals surface area (Å²) >= 11 is 0. The van der Waals surface area contributed by atoms with Crippen LogP contribution in [0.1, 0.15) is 19.4 Å². The normalized spacial score (nSPS) is 26.8. The molecule has 0 bridgehead atoms. The molecule has 2 aliphatic rings. The SMILES string of the molecule is C[C@@H]1CN(C(=O)CN2C(=O)N[C@@](C)(c3ccccc3F)C2=O)CCO1. The third-order valence-electron chi connectivity index (χ3n) is 4.57. The van der Waals surface area contributed by atoms with E-state index < -0.39 is 23.3 Å². The highest BCUT2D eigenvalue weighted by Crippen LogP contribution is 2.30. The summed E-state index contributed by atoms with van der Waals surface area (Å²) in [6.07, 6.45) is -0.0931. The molecule has 0 aliphatic carbocycles. The maximum Gasteiger partial charge on any atom is 0.325 e. The van der Waals surface area contributed by atoms with E-state index in [9.17, 15) is 18.8 Å². The van der Waals surface area contributed by atoms with Gasteiger partial charge in [-0.15, -0.1) is 0 Å². The molecule has 1 aromatic rings. The fraction of sp³-hybridized carbons (Fsp3) is 0.471. The van der Waals surface area contributed by atoms with Crippen LogP contribution in [0, 0.1) is 5.82 Å². The number of ether oxygens (including phenoxy) is 1. The Morgan fingerprint density at radius 1 is 1.40 bits per heavy atom. The van der Waals surface area contributed by atoms with Crippen molar-refractivity contribution in [3.8, 4) is 0 Å². The number of imide groups is 1. The fourth-order valence-corrected chi connectivity index (χ4v) is 3.17. The molecule has 1 N–H and O–H groups in total. The molecule has 25 heavy (non-hydrogen) atoms. The smallest absolute Gasteiger partial charge is 0.325 e.